The maximum absolute atomic E-state index is 12.1. The lowest BCUT2D eigenvalue weighted by Crippen LogP contribution is -2.17. The summed E-state index contributed by atoms with van der Waals surface area (Å²) in [5, 5.41) is 0.632. The lowest BCUT2D eigenvalue weighted by molar-refractivity contribution is 0.0378. The van der Waals surface area contributed by atoms with Gasteiger partial charge in [-0.15, -0.1) is 11.3 Å². The molecule has 1 aromatic heterocycles. The number of hydrogen-bond donors (Lipinski definition) is 1. The number of anilines is 1. The van der Waals surface area contributed by atoms with Crippen LogP contribution in [0.2, 0.25) is 0 Å². The highest BCUT2D eigenvalue weighted by molar-refractivity contribution is 7.16. The predicted molar refractivity (Wildman–Crippen MR) is 79.7 cm³/mol. The van der Waals surface area contributed by atoms with E-state index in [0.717, 1.165) is 24.3 Å². The molecule has 0 amide bonds. The van der Waals surface area contributed by atoms with Crippen LogP contribution in [0.4, 0.5) is 5.00 Å². The molecule has 1 unspecified atom stereocenters. The van der Waals surface area contributed by atoms with E-state index in [1.54, 1.807) is 11.3 Å². The van der Waals surface area contributed by atoms with Crippen molar-refractivity contribution in [3.63, 3.8) is 0 Å². The van der Waals surface area contributed by atoms with E-state index in [-0.39, 0.29) is 12.1 Å². The lowest BCUT2D eigenvalue weighted by atomic mass is 9.84. The molecule has 2 rings (SSSR count). The zero-order valence-corrected chi connectivity index (χ0v) is 12.8. The molecule has 0 aromatic carbocycles. The monoisotopic (exact) mass is 281 g/mol. The van der Waals surface area contributed by atoms with Crippen LogP contribution in [0.1, 0.15) is 60.8 Å². The fraction of sp³-hybridized carbons (Fsp3) is 0.667. The number of ether oxygens (including phenoxy) is 1. The molecule has 19 heavy (non-hydrogen) atoms. The van der Waals surface area contributed by atoms with E-state index in [4.69, 9.17) is 10.5 Å². The van der Waals surface area contributed by atoms with Gasteiger partial charge < -0.3 is 10.5 Å². The number of esters is 1. The van der Waals surface area contributed by atoms with E-state index in [1.165, 1.54) is 24.1 Å². The summed E-state index contributed by atoms with van der Waals surface area (Å²) in [4.78, 5) is 13.4. The zero-order valence-electron chi connectivity index (χ0n) is 12.0. The van der Waals surface area contributed by atoms with Crippen molar-refractivity contribution in [3.05, 3.63) is 16.0 Å². The van der Waals surface area contributed by atoms with Crippen LogP contribution in [0.3, 0.4) is 0 Å². The number of carbonyl (C=O) groups excluding carboxylic acids is 1. The van der Waals surface area contributed by atoms with Crippen LogP contribution < -0.4 is 5.73 Å². The molecule has 0 aliphatic heterocycles. The molecule has 0 fully saturated rings. The first-order valence-corrected chi connectivity index (χ1v) is 7.95. The van der Waals surface area contributed by atoms with Gasteiger partial charge in [-0.3, -0.25) is 0 Å². The van der Waals surface area contributed by atoms with Gasteiger partial charge in [-0.05, 0) is 44.6 Å². The largest absolute Gasteiger partial charge is 0.459 e. The maximum Gasteiger partial charge on any atom is 0.341 e. The third kappa shape index (κ3) is 3.11. The number of nitrogens with two attached hydrogens (primary N) is 1. The average Bonchev–Trinajstić information content (AvgIpc) is 2.63. The van der Waals surface area contributed by atoms with Gasteiger partial charge in [0.1, 0.15) is 5.00 Å². The summed E-state index contributed by atoms with van der Waals surface area (Å²) in [6.45, 7) is 5.96. The SMILES string of the molecule is CCCC1CCc2c(sc(N)c2C(=O)OC(C)C)C1. The Balaban J connectivity index is 2.22. The van der Waals surface area contributed by atoms with Gasteiger partial charge in [0.25, 0.3) is 0 Å². The topological polar surface area (TPSA) is 52.3 Å². The molecule has 1 aliphatic rings. The number of nitrogen functional groups attached to an aromatic ring is 1. The van der Waals surface area contributed by atoms with E-state index in [9.17, 15) is 4.79 Å². The summed E-state index contributed by atoms with van der Waals surface area (Å²) in [6, 6.07) is 0. The van der Waals surface area contributed by atoms with Gasteiger partial charge in [0, 0.05) is 4.88 Å². The number of hydrogen-bond acceptors (Lipinski definition) is 4. The highest BCUT2D eigenvalue weighted by Gasteiger charge is 2.28. The number of carbonyl (C=O) groups is 1. The Bertz CT molecular complexity index is 465. The number of thiophene rings is 1. The van der Waals surface area contributed by atoms with Crippen molar-refractivity contribution in [1.82, 2.24) is 0 Å². The third-order valence-electron chi connectivity index (χ3n) is 3.64. The summed E-state index contributed by atoms with van der Waals surface area (Å²) in [5.74, 6) is 0.503. The lowest BCUT2D eigenvalue weighted by Gasteiger charge is -2.22. The Morgan fingerprint density at radius 2 is 2.26 bits per heavy atom. The fourth-order valence-corrected chi connectivity index (χ4v) is 4.05. The van der Waals surface area contributed by atoms with Crippen LogP contribution in [-0.2, 0) is 17.6 Å². The molecule has 106 valence electrons. The van der Waals surface area contributed by atoms with Crippen LogP contribution in [0.15, 0.2) is 0 Å². The Labute approximate surface area is 119 Å². The van der Waals surface area contributed by atoms with E-state index in [2.05, 4.69) is 6.92 Å². The smallest absolute Gasteiger partial charge is 0.341 e. The van der Waals surface area contributed by atoms with Gasteiger partial charge in [0.2, 0.25) is 0 Å². The second-order valence-electron chi connectivity index (χ2n) is 5.59. The molecule has 4 heteroatoms. The molecule has 1 heterocycles. The molecule has 1 atom stereocenters. The van der Waals surface area contributed by atoms with Gasteiger partial charge >= 0.3 is 5.97 Å². The highest BCUT2D eigenvalue weighted by Crippen LogP contribution is 2.39. The van der Waals surface area contributed by atoms with E-state index < -0.39 is 0 Å². The minimum absolute atomic E-state index is 0.0983. The molecule has 0 saturated carbocycles. The molecule has 1 aliphatic carbocycles. The molecular formula is C15H23NO2S. The van der Waals surface area contributed by atoms with E-state index in [1.807, 2.05) is 13.8 Å². The Kier molecular flexibility index (Phi) is 4.50. The van der Waals surface area contributed by atoms with Crippen LogP contribution in [0, 0.1) is 5.92 Å². The van der Waals surface area contributed by atoms with Gasteiger partial charge in [0.05, 0.1) is 11.7 Å². The summed E-state index contributed by atoms with van der Waals surface area (Å²) < 4.78 is 5.30. The molecule has 3 nitrogen and oxygen atoms in total. The van der Waals surface area contributed by atoms with Crippen LogP contribution in [0.25, 0.3) is 0 Å². The normalized spacial score (nSPS) is 18.4. The minimum Gasteiger partial charge on any atom is -0.459 e. The van der Waals surface area contributed by atoms with Crippen molar-refractivity contribution in [2.45, 2.75) is 59.0 Å². The second kappa shape index (κ2) is 5.95. The Morgan fingerprint density at radius 1 is 1.53 bits per heavy atom. The summed E-state index contributed by atoms with van der Waals surface area (Å²) >= 11 is 1.58. The van der Waals surface area contributed by atoms with Gasteiger partial charge in [-0.1, -0.05) is 19.8 Å². The first-order chi connectivity index (χ1) is 9.02. The van der Waals surface area contributed by atoms with Gasteiger partial charge in [-0.2, -0.15) is 0 Å². The highest BCUT2D eigenvalue weighted by atomic mass is 32.1. The summed E-state index contributed by atoms with van der Waals surface area (Å²) in [6.07, 6.45) is 5.60. The summed E-state index contributed by atoms with van der Waals surface area (Å²) in [7, 11) is 0. The first kappa shape index (κ1) is 14.4. The van der Waals surface area contributed by atoms with E-state index in [0.29, 0.717) is 10.6 Å². The second-order valence-corrected chi connectivity index (χ2v) is 6.73. The van der Waals surface area contributed by atoms with Crippen LogP contribution in [-0.4, -0.2) is 12.1 Å². The fourth-order valence-electron chi connectivity index (χ4n) is 2.83. The molecule has 1 aromatic rings. The Morgan fingerprint density at radius 3 is 2.89 bits per heavy atom. The van der Waals surface area contributed by atoms with Gasteiger partial charge in [-0.25, -0.2) is 4.79 Å². The average molecular weight is 281 g/mol. The maximum atomic E-state index is 12.1. The quantitative estimate of drug-likeness (QED) is 0.854. The molecule has 0 spiro atoms. The van der Waals surface area contributed by atoms with E-state index >= 15 is 0 Å². The number of rotatable bonds is 4. The Hall–Kier alpha value is -1.03. The van der Waals surface area contributed by atoms with Crippen molar-refractivity contribution >= 4 is 22.3 Å². The van der Waals surface area contributed by atoms with Crippen molar-refractivity contribution in [1.29, 1.82) is 0 Å². The number of fused-ring (bicyclic) bond motifs is 1. The first-order valence-electron chi connectivity index (χ1n) is 7.13. The minimum atomic E-state index is -0.251. The standard InChI is InChI=1S/C15H23NO2S/c1-4-5-10-6-7-11-12(8-10)19-14(16)13(11)15(17)18-9(2)3/h9-10H,4-8,16H2,1-3H3. The van der Waals surface area contributed by atoms with Crippen molar-refractivity contribution in [2.24, 2.45) is 5.92 Å². The molecule has 2 N–H and O–H groups in total. The van der Waals surface area contributed by atoms with Crippen molar-refractivity contribution < 1.29 is 9.53 Å². The van der Waals surface area contributed by atoms with Crippen molar-refractivity contribution in [2.75, 3.05) is 5.73 Å². The molecule has 0 saturated heterocycles. The van der Waals surface area contributed by atoms with Crippen LogP contribution in [0.5, 0.6) is 0 Å². The molecule has 0 bridgehead atoms. The molecular weight excluding hydrogens is 258 g/mol. The van der Waals surface area contributed by atoms with Crippen molar-refractivity contribution in [3.8, 4) is 0 Å². The predicted octanol–water partition coefficient (Wildman–Crippen LogP) is 3.80. The van der Waals surface area contributed by atoms with Gasteiger partial charge in [0.15, 0.2) is 0 Å². The summed E-state index contributed by atoms with van der Waals surface area (Å²) in [5.41, 5.74) is 7.83. The van der Waals surface area contributed by atoms with Crippen LogP contribution >= 0.6 is 11.3 Å². The molecule has 0 radical (unpaired) electrons. The third-order valence-corrected chi connectivity index (χ3v) is 4.72. The zero-order chi connectivity index (χ0) is 14.0.